The van der Waals surface area contributed by atoms with Gasteiger partial charge >= 0.3 is 0 Å². The van der Waals surface area contributed by atoms with Gasteiger partial charge in [0.15, 0.2) is 0 Å². The number of rotatable bonds is 5. The van der Waals surface area contributed by atoms with Crippen LogP contribution in [0.5, 0.6) is 0 Å². The molecule has 0 spiro atoms. The van der Waals surface area contributed by atoms with E-state index in [-0.39, 0.29) is 11.9 Å². The topological polar surface area (TPSA) is 59.5 Å². The number of amides is 1. The molecule has 0 radical (unpaired) electrons. The van der Waals surface area contributed by atoms with Gasteiger partial charge in [-0.05, 0) is 30.9 Å². The highest BCUT2D eigenvalue weighted by Gasteiger charge is 2.29. The van der Waals surface area contributed by atoms with Gasteiger partial charge in [0, 0.05) is 32.0 Å². The third-order valence-corrected chi connectivity index (χ3v) is 4.16. The van der Waals surface area contributed by atoms with Crippen LogP contribution in [0.2, 0.25) is 0 Å². The van der Waals surface area contributed by atoms with Gasteiger partial charge in [-0.2, -0.15) is 0 Å². The zero-order valence-electron chi connectivity index (χ0n) is 11.7. The number of hydrogen-bond acceptors (Lipinski definition) is 3. The summed E-state index contributed by atoms with van der Waals surface area (Å²) in [5.41, 5.74) is 5.83. The number of piperidine rings is 1. The molecule has 2 N–H and O–H groups in total. The monoisotopic (exact) mass is 264 g/mol. The van der Waals surface area contributed by atoms with Crippen LogP contribution in [-0.2, 0) is 11.2 Å². The Balaban J connectivity index is 1.87. The molecule has 1 amide bonds. The van der Waals surface area contributed by atoms with Crippen LogP contribution in [0.4, 0.5) is 0 Å². The first-order chi connectivity index (χ1) is 9.24. The third-order valence-electron chi connectivity index (χ3n) is 4.16. The SMILES string of the molecule is CCC1CCN(C(=O)CCc2ccco2)C(CN)C1. The summed E-state index contributed by atoms with van der Waals surface area (Å²) in [6, 6.07) is 3.99. The van der Waals surface area contributed by atoms with Gasteiger partial charge in [-0.3, -0.25) is 4.79 Å². The Kier molecular flexibility index (Phi) is 5.02. The molecule has 0 aliphatic carbocycles. The minimum atomic E-state index is 0.210. The van der Waals surface area contributed by atoms with Crippen molar-refractivity contribution in [3.05, 3.63) is 24.2 Å². The fourth-order valence-electron chi connectivity index (χ4n) is 2.89. The van der Waals surface area contributed by atoms with Crippen LogP contribution in [0.15, 0.2) is 22.8 Å². The number of nitrogens with two attached hydrogens (primary N) is 1. The second-order valence-electron chi connectivity index (χ2n) is 5.35. The Morgan fingerprint density at radius 3 is 3.05 bits per heavy atom. The van der Waals surface area contributed by atoms with Crippen LogP contribution in [-0.4, -0.2) is 29.9 Å². The highest BCUT2D eigenvalue weighted by atomic mass is 16.3. The molecule has 106 valence electrons. The Bertz CT molecular complexity index is 389. The minimum Gasteiger partial charge on any atom is -0.469 e. The van der Waals surface area contributed by atoms with E-state index in [1.54, 1.807) is 6.26 Å². The second-order valence-corrected chi connectivity index (χ2v) is 5.35. The molecule has 19 heavy (non-hydrogen) atoms. The van der Waals surface area contributed by atoms with Crippen LogP contribution in [0.3, 0.4) is 0 Å². The molecule has 1 saturated heterocycles. The van der Waals surface area contributed by atoms with Crippen LogP contribution >= 0.6 is 0 Å². The number of furan rings is 1. The van der Waals surface area contributed by atoms with Gasteiger partial charge < -0.3 is 15.1 Å². The lowest BCUT2D eigenvalue weighted by molar-refractivity contribution is -0.135. The predicted octanol–water partition coefficient (Wildman–Crippen LogP) is 2.19. The standard InChI is InChI=1S/C15H24N2O2/c1-2-12-7-8-17(13(10-12)11-16)15(18)6-5-14-4-3-9-19-14/h3-4,9,12-13H,2,5-8,10-11,16H2,1H3. The van der Waals surface area contributed by atoms with Gasteiger partial charge in [0.05, 0.1) is 6.26 Å². The molecule has 2 heterocycles. The summed E-state index contributed by atoms with van der Waals surface area (Å²) in [5, 5.41) is 0. The molecule has 1 aliphatic heterocycles. The first-order valence-corrected chi connectivity index (χ1v) is 7.26. The average molecular weight is 264 g/mol. The lowest BCUT2D eigenvalue weighted by Gasteiger charge is -2.39. The molecule has 0 bridgehead atoms. The number of likely N-dealkylation sites (tertiary alicyclic amines) is 1. The van der Waals surface area contributed by atoms with Gasteiger partial charge in [-0.1, -0.05) is 13.3 Å². The molecule has 1 fully saturated rings. The number of aryl methyl sites for hydroxylation is 1. The van der Waals surface area contributed by atoms with Crippen LogP contribution in [0, 0.1) is 5.92 Å². The van der Waals surface area contributed by atoms with Crippen molar-refractivity contribution in [3.63, 3.8) is 0 Å². The summed E-state index contributed by atoms with van der Waals surface area (Å²) >= 11 is 0. The van der Waals surface area contributed by atoms with E-state index in [0.717, 1.165) is 31.1 Å². The zero-order valence-corrected chi connectivity index (χ0v) is 11.7. The molecule has 1 aliphatic rings. The smallest absolute Gasteiger partial charge is 0.223 e. The number of carbonyl (C=O) groups is 1. The summed E-state index contributed by atoms with van der Waals surface area (Å²) in [5.74, 6) is 1.81. The molecule has 2 atom stereocenters. The van der Waals surface area contributed by atoms with Gasteiger partial charge in [0.2, 0.25) is 5.91 Å². The molecular weight excluding hydrogens is 240 g/mol. The van der Waals surface area contributed by atoms with Gasteiger partial charge in [0.25, 0.3) is 0 Å². The van der Waals surface area contributed by atoms with E-state index >= 15 is 0 Å². The predicted molar refractivity (Wildman–Crippen MR) is 74.6 cm³/mol. The lowest BCUT2D eigenvalue weighted by Crippen LogP contribution is -2.49. The number of carbonyl (C=O) groups excluding carboxylic acids is 1. The Morgan fingerprint density at radius 2 is 2.42 bits per heavy atom. The van der Waals surface area contributed by atoms with E-state index in [9.17, 15) is 4.79 Å². The Labute approximate surface area is 114 Å². The van der Waals surface area contributed by atoms with Crippen molar-refractivity contribution in [2.75, 3.05) is 13.1 Å². The fraction of sp³-hybridized carbons (Fsp3) is 0.667. The van der Waals surface area contributed by atoms with Gasteiger partial charge in [-0.25, -0.2) is 0 Å². The van der Waals surface area contributed by atoms with Gasteiger partial charge in [-0.15, -0.1) is 0 Å². The largest absolute Gasteiger partial charge is 0.469 e. The summed E-state index contributed by atoms with van der Waals surface area (Å²) < 4.78 is 5.26. The van der Waals surface area contributed by atoms with Crippen molar-refractivity contribution in [3.8, 4) is 0 Å². The minimum absolute atomic E-state index is 0.210. The van der Waals surface area contributed by atoms with Crippen molar-refractivity contribution >= 4 is 5.91 Å². The molecular formula is C15H24N2O2. The summed E-state index contributed by atoms with van der Waals surface area (Å²) in [6.45, 7) is 3.65. The van der Waals surface area contributed by atoms with E-state index in [1.165, 1.54) is 6.42 Å². The molecule has 0 saturated carbocycles. The quantitative estimate of drug-likeness (QED) is 0.886. The first-order valence-electron chi connectivity index (χ1n) is 7.26. The first kappa shape index (κ1) is 14.1. The highest BCUT2D eigenvalue weighted by molar-refractivity contribution is 5.76. The Hall–Kier alpha value is -1.29. The summed E-state index contributed by atoms with van der Waals surface area (Å²) in [4.78, 5) is 14.3. The molecule has 0 aromatic carbocycles. The van der Waals surface area contributed by atoms with E-state index in [4.69, 9.17) is 10.2 Å². The van der Waals surface area contributed by atoms with E-state index in [2.05, 4.69) is 6.92 Å². The van der Waals surface area contributed by atoms with Crippen molar-refractivity contribution < 1.29 is 9.21 Å². The van der Waals surface area contributed by atoms with E-state index < -0.39 is 0 Å². The molecule has 2 rings (SSSR count). The zero-order chi connectivity index (χ0) is 13.7. The van der Waals surface area contributed by atoms with Crippen molar-refractivity contribution in [1.82, 2.24) is 4.90 Å². The average Bonchev–Trinajstić information content (AvgIpc) is 2.97. The van der Waals surface area contributed by atoms with Crippen molar-refractivity contribution in [2.45, 2.75) is 45.1 Å². The molecule has 1 aromatic heterocycles. The maximum atomic E-state index is 12.3. The van der Waals surface area contributed by atoms with Crippen LogP contribution in [0.25, 0.3) is 0 Å². The summed E-state index contributed by atoms with van der Waals surface area (Å²) in [6.07, 6.45) is 6.19. The number of nitrogens with zero attached hydrogens (tertiary/aromatic N) is 1. The van der Waals surface area contributed by atoms with Crippen LogP contribution in [0.1, 0.15) is 38.4 Å². The van der Waals surface area contributed by atoms with Crippen molar-refractivity contribution in [1.29, 1.82) is 0 Å². The fourth-order valence-corrected chi connectivity index (χ4v) is 2.89. The van der Waals surface area contributed by atoms with E-state index in [1.807, 2.05) is 17.0 Å². The molecule has 4 heteroatoms. The third kappa shape index (κ3) is 3.60. The summed E-state index contributed by atoms with van der Waals surface area (Å²) in [7, 11) is 0. The molecule has 4 nitrogen and oxygen atoms in total. The number of hydrogen-bond donors (Lipinski definition) is 1. The normalized spacial score (nSPS) is 23.6. The van der Waals surface area contributed by atoms with Crippen LogP contribution < -0.4 is 5.73 Å². The Morgan fingerprint density at radius 1 is 1.58 bits per heavy atom. The molecule has 1 aromatic rings. The maximum absolute atomic E-state index is 12.3. The van der Waals surface area contributed by atoms with E-state index in [0.29, 0.717) is 19.4 Å². The molecule has 2 unspecified atom stereocenters. The highest BCUT2D eigenvalue weighted by Crippen LogP contribution is 2.25. The maximum Gasteiger partial charge on any atom is 0.223 e. The van der Waals surface area contributed by atoms with Crippen molar-refractivity contribution in [2.24, 2.45) is 11.7 Å². The second kappa shape index (κ2) is 6.75. The lowest BCUT2D eigenvalue weighted by atomic mass is 9.88. The van der Waals surface area contributed by atoms with Gasteiger partial charge in [0.1, 0.15) is 5.76 Å².